The van der Waals surface area contributed by atoms with E-state index in [1.807, 2.05) is 69.3 Å². The number of azo groups is 1. The van der Waals surface area contributed by atoms with Gasteiger partial charge in [0.1, 0.15) is 5.75 Å². The minimum Gasteiger partial charge on any atom is -0.494 e. The molecule has 1 unspecified atom stereocenters. The Hall–Kier alpha value is -2.69. The van der Waals surface area contributed by atoms with Gasteiger partial charge in [0.2, 0.25) is 0 Å². The van der Waals surface area contributed by atoms with Crippen LogP contribution >= 0.6 is 0 Å². The number of ether oxygens (including phenoxy) is 2. The van der Waals surface area contributed by atoms with Crippen molar-refractivity contribution >= 4 is 17.3 Å². The summed E-state index contributed by atoms with van der Waals surface area (Å²) in [5.74, 6) is 0.742. The average Bonchev–Trinajstić information content (AvgIpc) is 2.73. The minimum atomic E-state index is -0.0878. The summed E-state index contributed by atoms with van der Waals surface area (Å²) in [4.78, 5) is 11.6. The van der Waals surface area contributed by atoms with Gasteiger partial charge < -0.3 is 9.47 Å². The molecule has 0 amide bonds. The smallest absolute Gasteiger partial charge is 0.306 e. The molecule has 0 aliphatic carbocycles. The number of carbonyl (C=O) groups excluding carboxylic acids is 1. The van der Waals surface area contributed by atoms with E-state index >= 15 is 0 Å². The molecule has 0 N–H and O–H groups in total. The molecule has 0 saturated carbocycles. The van der Waals surface area contributed by atoms with Crippen molar-refractivity contribution < 1.29 is 14.3 Å². The quantitative estimate of drug-likeness (QED) is 0.219. The monoisotopic (exact) mass is 396 g/mol. The first kappa shape index (κ1) is 22.6. The summed E-state index contributed by atoms with van der Waals surface area (Å²) < 4.78 is 11.0. The van der Waals surface area contributed by atoms with Crippen LogP contribution in [0, 0.1) is 6.92 Å². The van der Waals surface area contributed by atoms with Gasteiger partial charge in [-0.1, -0.05) is 37.5 Å². The summed E-state index contributed by atoms with van der Waals surface area (Å²) in [5, 5.41) is 8.48. The Kier molecular flexibility index (Phi) is 9.90. The summed E-state index contributed by atoms with van der Waals surface area (Å²) in [7, 11) is 0. The molecule has 156 valence electrons. The minimum absolute atomic E-state index is 0.0198. The number of esters is 1. The fourth-order valence-corrected chi connectivity index (χ4v) is 2.62. The van der Waals surface area contributed by atoms with E-state index in [4.69, 9.17) is 9.47 Å². The maximum atomic E-state index is 11.6. The predicted octanol–water partition coefficient (Wildman–Crippen LogP) is 7.08. The van der Waals surface area contributed by atoms with Gasteiger partial charge in [-0.25, -0.2) is 0 Å². The second kappa shape index (κ2) is 12.7. The van der Waals surface area contributed by atoms with Crippen LogP contribution in [-0.4, -0.2) is 18.7 Å². The van der Waals surface area contributed by atoms with Crippen LogP contribution in [0.15, 0.2) is 58.8 Å². The Bertz CT molecular complexity index is 755. The summed E-state index contributed by atoms with van der Waals surface area (Å²) in [6, 6.07) is 15.6. The number of rotatable bonds is 12. The molecule has 0 radical (unpaired) electrons. The van der Waals surface area contributed by atoms with E-state index in [1.54, 1.807) is 0 Å². The first-order valence-electron chi connectivity index (χ1n) is 10.5. The van der Waals surface area contributed by atoms with Crippen molar-refractivity contribution in [1.82, 2.24) is 0 Å². The fraction of sp³-hybridized carbons (Fsp3) is 0.458. The van der Waals surface area contributed by atoms with Gasteiger partial charge in [-0.05, 0) is 69.5 Å². The highest BCUT2D eigenvalue weighted by molar-refractivity contribution is 5.69. The molecule has 29 heavy (non-hydrogen) atoms. The van der Waals surface area contributed by atoms with Crippen LogP contribution < -0.4 is 4.74 Å². The number of nitrogens with zero attached hydrogens (tertiary/aromatic N) is 2. The molecule has 1 atom stereocenters. The lowest BCUT2D eigenvalue weighted by molar-refractivity contribution is -0.148. The first-order valence-corrected chi connectivity index (χ1v) is 10.5. The third kappa shape index (κ3) is 9.37. The van der Waals surface area contributed by atoms with Crippen molar-refractivity contribution in [2.45, 2.75) is 65.4 Å². The SMILES string of the molecule is CCC(C)OC(=O)CCCCCCOc1ccc(N=Nc2ccc(C)cc2)cc1. The summed E-state index contributed by atoms with van der Waals surface area (Å²) in [6.45, 7) is 6.65. The van der Waals surface area contributed by atoms with Crippen LogP contribution in [0.4, 0.5) is 11.4 Å². The maximum Gasteiger partial charge on any atom is 0.306 e. The molecule has 0 aliphatic rings. The Labute approximate surface area is 174 Å². The number of benzene rings is 2. The van der Waals surface area contributed by atoms with Gasteiger partial charge in [-0.15, -0.1) is 0 Å². The second-order valence-corrected chi connectivity index (χ2v) is 7.25. The molecule has 0 bridgehead atoms. The third-order valence-corrected chi connectivity index (χ3v) is 4.60. The topological polar surface area (TPSA) is 60.2 Å². The summed E-state index contributed by atoms with van der Waals surface area (Å²) in [5.41, 5.74) is 2.83. The second-order valence-electron chi connectivity index (χ2n) is 7.25. The van der Waals surface area contributed by atoms with Crippen molar-refractivity contribution in [1.29, 1.82) is 0 Å². The first-order chi connectivity index (χ1) is 14.1. The molecular weight excluding hydrogens is 364 g/mol. The Morgan fingerprint density at radius 1 is 0.897 bits per heavy atom. The number of carbonyl (C=O) groups is 1. The van der Waals surface area contributed by atoms with Gasteiger partial charge in [-0.3, -0.25) is 4.79 Å². The van der Waals surface area contributed by atoms with Crippen LogP contribution in [0.3, 0.4) is 0 Å². The van der Waals surface area contributed by atoms with E-state index in [9.17, 15) is 4.79 Å². The maximum absolute atomic E-state index is 11.6. The molecule has 0 aliphatic heterocycles. The predicted molar refractivity (Wildman–Crippen MR) is 116 cm³/mol. The van der Waals surface area contributed by atoms with Crippen LogP contribution in [0.1, 0.15) is 57.9 Å². The van der Waals surface area contributed by atoms with Crippen molar-refractivity contribution in [2.24, 2.45) is 10.2 Å². The fourth-order valence-electron chi connectivity index (χ4n) is 2.62. The highest BCUT2D eigenvalue weighted by atomic mass is 16.5. The van der Waals surface area contributed by atoms with Gasteiger partial charge in [0, 0.05) is 6.42 Å². The molecule has 0 heterocycles. The largest absolute Gasteiger partial charge is 0.494 e. The zero-order valence-electron chi connectivity index (χ0n) is 17.8. The van der Waals surface area contributed by atoms with Crippen LogP contribution in [-0.2, 0) is 9.53 Å². The third-order valence-electron chi connectivity index (χ3n) is 4.60. The lowest BCUT2D eigenvalue weighted by Gasteiger charge is -2.10. The van der Waals surface area contributed by atoms with Gasteiger partial charge in [0.15, 0.2) is 0 Å². The normalized spacial score (nSPS) is 12.1. The average molecular weight is 397 g/mol. The molecule has 0 saturated heterocycles. The van der Waals surface area contributed by atoms with Crippen molar-refractivity contribution in [2.75, 3.05) is 6.61 Å². The van der Waals surface area contributed by atoms with E-state index in [1.165, 1.54) is 5.56 Å². The zero-order chi connectivity index (χ0) is 20.9. The number of hydrogen-bond acceptors (Lipinski definition) is 5. The summed E-state index contributed by atoms with van der Waals surface area (Å²) >= 11 is 0. The van der Waals surface area contributed by atoms with E-state index in [2.05, 4.69) is 10.2 Å². The molecule has 0 aromatic heterocycles. The molecule has 5 heteroatoms. The summed E-state index contributed by atoms with van der Waals surface area (Å²) in [6.07, 6.45) is 5.28. The van der Waals surface area contributed by atoms with Crippen LogP contribution in [0.25, 0.3) is 0 Å². The number of aryl methyl sites for hydroxylation is 1. The Morgan fingerprint density at radius 2 is 1.48 bits per heavy atom. The van der Waals surface area contributed by atoms with Crippen molar-refractivity contribution in [3.63, 3.8) is 0 Å². The van der Waals surface area contributed by atoms with E-state index in [-0.39, 0.29) is 12.1 Å². The molecule has 5 nitrogen and oxygen atoms in total. The highest BCUT2D eigenvalue weighted by Crippen LogP contribution is 2.21. The standard InChI is InChI=1S/C24H32N2O3/c1-4-20(3)29-24(27)9-7-5-6-8-18-28-23-16-14-22(15-17-23)26-25-21-12-10-19(2)11-13-21/h10-17,20H,4-9,18H2,1-3H3. The molecule has 0 spiro atoms. The molecule has 2 aromatic rings. The van der Waals surface area contributed by atoms with Gasteiger partial charge >= 0.3 is 5.97 Å². The van der Waals surface area contributed by atoms with Crippen molar-refractivity contribution in [3.05, 3.63) is 54.1 Å². The molecular formula is C24H32N2O3. The Morgan fingerprint density at radius 3 is 2.10 bits per heavy atom. The van der Waals surface area contributed by atoms with E-state index < -0.39 is 0 Å². The molecule has 2 rings (SSSR count). The molecule has 0 fully saturated rings. The van der Waals surface area contributed by atoms with Gasteiger partial charge in [0.05, 0.1) is 24.1 Å². The highest BCUT2D eigenvalue weighted by Gasteiger charge is 2.06. The zero-order valence-corrected chi connectivity index (χ0v) is 17.8. The van der Waals surface area contributed by atoms with Crippen LogP contribution in [0.5, 0.6) is 5.75 Å². The molecule has 2 aromatic carbocycles. The number of unbranched alkanes of at least 4 members (excludes halogenated alkanes) is 3. The lowest BCUT2D eigenvalue weighted by atomic mass is 10.1. The van der Waals surface area contributed by atoms with Gasteiger partial charge in [-0.2, -0.15) is 10.2 Å². The van der Waals surface area contributed by atoms with Gasteiger partial charge in [0.25, 0.3) is 0 Å². The van der Waals surface area contributed by atoms with Crippen molar-refractivity contribution in [3.8, 4) is 5.75 Å². The van der Waals surface area contributed by atoms with Crippen LogP contribution in [0.2, 0.25) is 0 Å². The van der Waals surface area contributed by atoms with E-state index in [0.717, 1.165) is 49.2 Å². The Balaban J connectivity index is 1.59. The van der Waals surface area contributed by atoms with E-state index in [0.29, 0.717) is 13.0 Å². The number of hydrogen-bond donors (Lipinski definition) is 0. The lowest BCUT2D eigenvalue weighted by Crippen LogP contribution is -2.13.